The van der Waals surface area contributed by atoms with E-state index in [1.807, 2.05) is 0 Å². The number of ether oxygens (including phenoxy) is 1. The molecule has 0 atom stereocenters. The lowest BCUT2D eigenvalue weighted by Crippen LogP contribution is -1.97. The van der Waals surface area contributed by atoms with Crippen LogP contribution in [0.5, 0.6) is 0 Å². The highest BCUT2D eigenvalue weighted by atomic mass is 16.5. The van der Waals surface area contributed by atoms with Crippen molar-refractivity contribution in [1.29, 1.82) is 0 Å². The SMILES string of the molecule is CCCCOCCCCCc1cccc(CCCCCCC(C)C)c1. The molecule has 0 radical (unpaired) electrons. The Bertz CT molecular complexity index is 410. The molecule has 0 aromatic heterocycles. The van der Waals surface area contributed by atoms with Crippen LogP contribution in [0, 0.1) is 5.92 Å². The van der Waals surface area contributed by atoms with Crippen LogP contribution in [-0.4, -0.2) is 13.2 Å². The molecule has 0 spiro atoms. The van der Waals surface area contributed by atoms with Crippen molar-refractivity contribution in [3.63, 3.8) is 0 Å². The summed E-state index contributed by atoms with van der Waals surface area (Å²) in [6.45, 7) is 8.74. The third-order valence-corrected chi connectivity index (χ3v) is 4.88. The first-order valence-electron chi connectivity index (χ1n) is 10.9. The van der Waals surface area contributed by atoms with Crippen LogP contribution in [0.15, 0.2) is 24.3 Å². The van der Waals surface area contributed by atoms with E-state index >= 15 is 0 Å². The minimum absolute atomic E-state index is 0.861. The molecule has 0 fully saturated rings. The van der Waals surface area contributed by atoms with Gasteiger partial charge in [-0.2, -0.15) is 0 Å². The Kier molecular flexibility index (Phi) is 13.7. The highest BCUT2D eigenvalue weighted by Gasteiger charge is 1.99. The molecule has 1 heteroatoms. The maximum absolute atomic E-state index is 5.63. The van der Waals surface area contributed by atoms with Crippen LogP contribution >= 0.6 is 0 Å². The van der Waals surface area contributed by atoms with Crippen LogP contribution in [-0.2, 0) is 17.6 Å². The van der Waals surface area contributed by atoms with Crippen molar-refractivity contribution in [3.05, 3.63) is 35.4 Å². The lowest BCUT2D eigenvalue weighted by atomic mass is 10.00. The molecule has 25 heavy (non-hydrogen) atoms. The quantitative estimate of drug-likeness (QED) is 0.284. The van der Waals surface area contributed by atoms with E-state index in [0.29, 0.717) is 0 Å². The zero-order valence-corrected chi connectivity index (χ0v) is 17.2. The summed E-state index contributed by atoms with van der Waals surface area (Å²) in [7, 11) is 0. The van der Waals surface area contributed by atoms with E-state index in [1.54, 1.807) is 0 Å². The highest BCUT2D eigenvalue weighted by Crippen LogP contribution is 2.14. The molecule has 0 aliphatic rings. The Balaban J connectivity index is 2.07. The monoisotopic (exact) mass is 346 g/mol. The molecule has 0 aliphatic carbocycles. The zero-order valence-electron chi connectivity index (χ0n) is 17.2. The third-order valence-electron chi connectivity index (χ3n) is 4.88. The van der Waals surface area contributed by atoms with Gasteiger partial charge in [0, 0.05) is 13.2 Å². The molecule has 1 aromatic carbocycles. The Morgan fingerprint density at radius 1 is 0.760 bits per heavy atom. The van der Waals surface area contributed by atoms with Gasteiger partial charge in [0.15, 0.2) is 0 Å². The van der Waals surface area contributed by atoms with E-state index in [4.69, 9.17) is 4.74 Å². The summed E-state index contributed by atoms with van der Waals surface area (Å²) in [6, 6.07) is 9.28. The number of hydrogen-bond acceptors (Lipinski definition) is 1. The Morgan fingerprint density at radius 3 is 2.00 bits per heavy atom. The average Bonchev–Trinajstić information content (AvgIpc) is 2.60. The maximum atomic E-state index is 5.63. The summed E-state index contributed by atoms with van der Waals surface area (Å²) < 4.78 is 5.63. The number of unbranched alkanes of at least 4 members (excludes halogenated alkanes) is 6. The van der Waals surface area contributed by atoms with E-state index in [2.05, 4.69) is 45.0 Å². The fraction of sp³-hybridized carbons (Fsp3) is 0.750. The van der Waals surface area contributed by atoms with E-state index in [0.717, 1.165) is 19.1 Å². The summed E-state index contributed by atoms with van der Waals surface area (Å²) in [5.41, 5.74) is 3.05. The first-order chi connectivity index (χ1) is 12.2. The van der Waals surface area contributed by atoms with Gasteiger partial charge in [-0.1, -0.05) is 83.6 Å². The molecule has 0 heterocycles. The Morgan fingerprint density at radius 2 is 1.36 bits per heavy atom. The van der Waals surface area contributed by atoms with Gasteiger partial charge in [0.1, 0.15) is 0 Å². The molecule has 0 bridgehead atoms. The van der Waals surface area contributed by atoms with Crippen LogP contribution in [0.25, 0.3) is 0 Å². The average molecular weight is 347 g/mol. The van der Waals surface area contributed by atoms with Crippen LogP contribution in [0.1, 0.15) is 96.1 Å². The smallest absolute Gasteiger partial charge is 0.0466 e. The lowest BCUT2D eigenvalue weighted by molar-refractivity contribution is 0.127. The third kappa shape index (κ3) is 13.1. The van der Waals surface area contributed by atoms with Gasteiger partial charge in [-0.05, 0) is 55.6 Å². The Labute approximate surface area is 157 Å². The van der Waals surface area contributed by atoms with E-state index in [1.165, 1.54) is 88.2 Å². The van der Waals surface area contributed by atoms with Crippen molar-refractivity contribution >= 4 is 0 Å². The summed E-state index contributed by atoms with van der Waals surface area (Å²) in [4.78, 5) is 0. The fourth-order valence-corrected chi connectivity index (χ4v) is 3.23. The van der Waals surface area contributed by atoms with Crippen LogP contribution in [0.4, 0.5) is 0 Å². The van der Waals surface area contributed by atoms with Crippen LogP contribution in [0.3, 0.4) is 0 Å². The first-order valence-corrected chi connectivity index (χ1v) is 10.9. The molecule has 0 N–H and O–H groups in total. The number of benzene rings is 1. The van der Waals surface area contributed by atoms with Crippen molar-refractivity contribution in [2.24, 2.45) is 5.92 Å². The van der Waals surface area contributed by atoms with Crippen molar-refractivity contribution in [3.8, 4) is 0 Å². The first kappa shape index (κ1) is 22.2. The second-order valence-electron chi connectivity index (χ2n) is 7.94. The van der Waals surface area contributed by atoms with Gasteiger partial charge in [-0.15, -0.1) is 0 Å². The van der Waals surface area contributed by atoms with Crippen LogP contribution in [0.2, 0.25) is 0 Å². The molecule has 0 saturated carbocycles. The number of rotatable bonds is 16. The minimum atomic E-state index is 0.861. The zero-order chi connectivity index (χ0) is 18.2. The molecule has 0 amide bonds. The lowest BCUT2D eigenvalue weighted by Gasteiger charge is -2.07. The van der Waals surface area contributed by atoms with Gasteiger partial charge in [0.25, 0.3) is 0 Å². The topological polar surface area (TPSA) is 9.23 Å². The highest BCUT2D eigenvalue weighted by molar-refractivity contribution is 5.23. The van der Waals surface area contributed by atoms with Crippen molar-refractivity contribution in [1.82, 2.24) is 0 Å². The minimum Gasteiger partial charge on any atom is -0.381 e. The maximum Gasteiger partial charge on any atom is 0.0466 e. The molecule has 0 aliphatic heterocycles. The predicted octanol–water partition coefficient (Wildman–Crippen LogP) is 7.37. The molecular formula is C24H42O. The summed E-state index contributed by atoms with van der Waals surface area (Å²) >= 11 is 0. The van der Waals surface area contributed by atoms with E-state index < -0.39 is 0 Å². The molecule has 1 nitrogen and oxygen atoms in total. The van der Waals surface area contributed by atoms with E-state index in [-0.39, 0.29) is 0 Å². The second kappa shape index (κ2) is 15.4. The van der Waals surface area contributed by atoms with Gasteiger partial charge < -0.3 is 4.74 Å². The van der Waals surface area contributed by atoms with Gasteiger partial charge in [0.05, 0.1) is 0 Å². The van der Waals surface area contributed by atoms with Gasteiger partial charge >= 0.3 is 0 Å². The molecule has 0 saturated heterocycles. The van der Waals surface area contributed by atoms with Gasteiger partial charge in [-0.25, -0.2) is 0 Å². The van der Waals surface area contributed by atoms with Crippen molar-refractivity contribution in [2.75, 3.05) is 13.2 Å². The molecular weight excluding hydrogens is 304 g/mol. The summed E-state index contributed by atoms with van der Waals surface area (Å²) in [6.07, 6.45) is 15.6. The van der Waals surface area contributed by atoms with Gasteiger partial charge in [0.2, 0.25) is 0 Å². The largest absolute Gasteiger partial charge is 0.381 e. The van der Waals surface area contributed by atoms with E-state index in [9.17, 15) is 0 Å². The van der Waals surface area contributed by atoms with Crippen LogP contribution < -0.4 is 0 Å². The van der Waals surface area contributed by atoms with Gasteiger partial charge in [-0.3, -0.25) is 0 Å². The fourth-order valence-electron chi connectivity index (χ4n) is 3.23. The normalized spacial score (nSPS) is 11.4. The van der Waals surface area contributed by atoms with Crippen molar-refractivity contribution in [2.45, 2.75) is 97.8 Å². The molecule has 1 aromatic rings. The second-order valence-corrected chi connectivity index (χ2v) is 7.94. The molecule has 0 unspecified atom stereocenters. The number of hydrogen-bond donors (Lipinski definition) is 0. The summed E-state index contributed by atoms with van der Waals surface area (Å²) in [5.74, 6) is 0.861. The molecule has 1 rings (SSSR count). The predicted molar refractivity (Wildman–Crippen MR) is 111 cm³/mol. The number of aryl methyl sites for hydroxylation is 2. The standard InChI is InChI=1S/C24H42O/c1-4-5-19-25-20-12-8-11-16-24-18-13-17-23(21-24)15-10-7-6-9-14-22(2)3/h13,17-18,21-22H,4-12,14-16,19-20H2,1-3H3. The summed E-state index contributed by atoms with van der Waals surface area (Å²) in [5, 5.41) is 0. The molecule has 144 valence electrons. The Hall–Kier alpha value is -0.820. The van der Waals surface area contributed by atoms with Crippen molar-refractivity contribution < 1.29 is 4.74 Å².